The average molecular weight is 418 g/mol. The highest BCUT2D eigenvalue weighted by atomic mass is 16.5. The summed E-state index contributed by atoms with van der Waals surface area (Å²) in [6.07, 6.45) is 1.21. The zero-order valence-corrected chi connectivity index (χ0v) is 18.0. The Labute approximate surface area is 182 Å². The third kappa shape index (κ3) is 4.68. The van der Waals surface area contributed by atoms with Crippen molar-refractivity contribution in [2.24, 2.45) is 0 Å². The molecule has 1 saturated carbocycles. The number of nitrogens with zero attached hydrogens (tertiary/aromatic N) is 2. The predicted octanol–water partition coefficient (Wildman–Crippen LogP) is 5.06. The van der Waals surface area contributed by atoms with Crippen molar-refractivity contribution in [1.82, 2.24) is 9.78 Å². The van der Waals surface area contributed by atoms with Crippen molar-refractivity contribution in [3.63, 3.8) is 0 Å². The second-order valence-electron chi connectivity index (χ2n) is 8.25. The normalized spacial score (nSPS) is 14.3. The molecule has 0 saturated heterocycles. The van der Waals surface area contributed by atoms with E-state index < -0.39 is 12.1 Å². The number of hydrogen-bond donors (Lipinski definition) is 1. The Balaban J connectivity index is 1.51. The maximum atomic E-state index is 13.0. The first kappa shape index (κ1) is 20.8. The second kappa shape index (κ2) is 8.76. The van der Waals surface area contributed by atoms with Crippen LogP contribution in [0.25, 0.3) is 5.69 Å². The first-order chi connectivity index (χ1) is 14.9. The van der Waals surface area contributed by atoms with Crippen LogP contribution in [0.15, 0.2) is 60.7 Å². The van der Waals surface area contributed by atoms with Gasteiger partial charge in [-0.1, -0.05) is 50.2 Å². The van der Waals surface area contributed by atoms with Crippen LogP contribution in [0.5, 0.6) is 0 Å². The first-order valence-electron chi connectivity index (χ1n) is 10.7. The lowest BCUT2D eigenvalue weighted by Gasteiger charge is -2.17. The van der Waals surface area contributed by atoms with Gasteiger partial charge >= 0.3 is 5.97 Å². The minimum absolute atomic E-state index is 0.260. The van der Waals surface area contributed by atoms with Crippen LogP contribution < -0.4 is 5.32 Å². The topological polar surface area (TPSA) is 73.2 Å². The zero-order chi connectivity index (χ0) is 22.0. The van der Waals surface area contributed by atoms with Gasteiger partial charge in [-0.15, -0.1) is 0 Å². The summed E-state index contributed by atoms with van der Waals surface area (Å²) in [7, 11) is 0. The van der Waals surface area contributed by atoms with Crippen molar-refractivity contribution in [3.8, 4) is 5.69 Å². The highest BCUT2D eigenvalue weighted by Crippen LogP contribution is 2.39. The van der Waals surface area contributed by atoms with E-state index in [9.17, 15) is 9.59 Å². The van der Waals surface area contributed by atoms with Crippen LogP contribution in [0, 0.1) is 0 Å². The number of para-hydroxylation sites is 2. The molecule has 1 amide bonds. The Hall–Kier alpha value is -3.41. The number of ether oxygens (including phenoxy) is 1. The van der Waals surface area contributed by atoms with Gasteiger partial charge in [-0.25, -0.2) is 9.48 Å². The van der Waals surface area contributed by atoms with Gasteiger partial charge < -0.3 is 10.1 Å². The molecule has 1 aliphatic carbocycles. The van der Waals surface area contributed by atoms with E-state index in [4.69, 9.17) is 4.74 Å². The number of carbonyl (C=O) groups is 2. The SMILES string of the molecule is CC(C)c1ccccc1NC(=O)[C@@H](C)OC(=O)c1cc(C2CC2)nn1-c1ccccc1. The van der Waals surface area contributed by atoms with Crippen LogP contribution in [0.1, 0.15) is 67.2 Å². The van der Waals surface area contributed by atoms with Gasteiger partial charge in [-0.3, -0.25) is 4.79 Å². The number of esters is 1. The molecule has 0 unspecified atom stereocenters. The van der Waals surface area contributed by atoms with Gasteiger partial charge in [0.05, 0.1) is 11.4 Å². The number of amides is 1. The van der Waals surface area contributed by atoms with Crippen LogP contribution in [-0.2, 0) is 9.53 Å². The summed E-state index contributed by atoms with van der Waals surface area (Å²) in [6.45, 7) is 5.71. The van der Waals surface area contributed by atoms with E-state index in [-0.39, 0.29) is 11.8 Å². The maximum Gasteiger partial charge on any atom is 0.357 e. The van der Waals surface area contributed by atoms with Gasteiger partial charge in [0, 0.05) is 11.6 Å². The summed E-state index contributed by atoms with van der Waals surface area (Å²) >= 11 is 0. The minimum Gasteiger partial charge on any atom is -0.448 e. The Morgan fingerprint density at radius 2 is 1.71 bits per heavy atom. The second-order valence-corrected chi connectivity index (χ2v) is 8.25. The zero-order valence-electron chi connectivity index (χ0n) is 18.0. The summed E-state index contributed by atoms with van der Waals surface area (Å²) < 4.78 is 7.14. The number of anilines is 1. The standard InChI is InChI=1S/C25H27N3O3/c1-16(2)20-11-7-8-12-21(20)26-24(29)17(3)31-25(30)23-15-22(18-13-14-18)27-28(23)19-9-5-4-6-10-19/h4-12,15-18H,13-14H2,1-3H3,(H,26,29)/t17-/m1/s1. The van der Waals surface area contributed by atoms with E-state index >= 15 is 0 Å². The molecule has 4 rings (SSSR count). The van der Waals surface area contributed by atoms with Crippen LogP contribution in [0.4, 0.5) is 5.69 Å². The maximum absolute atomic E-state index is 13.0. The first-order valence-corrected chi connectivity index (χ1v) is 10.7. The molecule has 6 heteroatoms. The number of carbonyl (C=O) groups excluding carboxylic acids is 2. The molecule has 6 nitrogen and oxygen atoms in total. The van der Waals surface area contributed by atoms with Crippen LogP contribution in [-0.4, -0.2) is 27.8 Å². The van der Waals surface area contributed by atoms with Gasteiger partial charge in [0.2, 0.25) is 0 Å². The molecule has 1 aromatic heterocycles. The lowest BCUT2D eigenvalue weighted by atomic mass is 10.0. The molecule has 0 bridgehead atoms. The van der Waals surface area contributed by atoms with Gasteiger partial charge in [0.1, 0.15) is 0 Å². The Morgan fingerprint density at radius 1 is 1.03 bits per heavy atom. The number of benzene rings is 2. The molecular formula is C25H27N3O3. The molecule has 1 heterocycles. The summed E-state index contributed by atoms with van der Waals surface area (Å²) in [4.78, 5) is 25.7. The number of nitrogens with one attached hydrogen (secondary N) is 1. The van der Waals surface area contributed by atoms with Gasteiger partial charge in [0.25, 0.3) is 5.91 Å². The molecule has 1 fully saturated rings. The molecule has 160 valence electrons. The fourth-order valence-corrected chi connectivity index (χ4v) is 3.51. The van der Waals surface area contributed by atoms with Crippen LogP contribution in [0.3, 0.4) is 0 Å². The van der Waals surface area contributed by atoms with Crippen LogP contribution in [0.2, 0.25) is 0 Å². The third-order valence-corrected chi connectivity index (χ3v) is 5.43. The van der Waals surface area contributed by atoms with E-state index in [2.05, 4.69) is 24.3 Å². The lowest BCUT2D eigenvalue weighted by molar-refractivity contribution is -0.123. The number of hydrogen-bond acceptors (Lipinski definition) is 4. The minimum atomic E-state index is -0.948. The van der Waals surface area contributed by atoms with Gasteiger partial charge in [0.15, 0.2) is 11.8 Å². The molecule has 3 aromatic rings. The molecule has 0 aliphatic heterocycles. The highest BCUT2D eigenvalue weighted by molar-refractivity contribution is 5.97. The highest BCUT2D eigenvalue weighted by Gasteiger charge is 2.30. The molecular weight excluding hydrogens is 390 g/mol. The molecule has 0 spiro atoms. The van der Waals surface area contributed by atoms with E-state index in [1.165, 1.54) is 0 Å². The van der Waals surface area contributed by atoms with Crippen molar-refractivity contribution < 1.29 is 14.3 Å². The molecule has 0 radical (unpaired) electrons. The quantitative estimate of drug-likeness (QED) is 0.546. The molecule has 2 aromatic carbocycles. The van der Waals surface area contributed by atoms with E-state index in [1.54, 1.807) is 17.7 Å². The summed E-state index contributed by atoms with van der Waals surface area (Å²) in [5.74, 6) is -0.280. The van der Waals surface area contributed by atoms with Crippen molar-refractivity contribution in [3.05, 3.63) is 77.6 Å². The monoisotopic (exact) mass is 417 g/mol. The molecule has 31 heavy (non-hydrogen) atoms. The fraction of sp³-hybridized carbons (Fsp3) is 0.320. The lowest BCUT2D eigenvalue weighted by Crippen LogP contribution is -2.31. The Bertz CT molecular complexity index is 1080. The van der Waals surface area contributed by atoms with Crippen LogP contribution >= 0.6 is 0 Å². The van der Waals surface area contributed by atoms with E-state index in [1.807, 2.05) is 54.6 Å². The van der Waals surface area contributed by atoms with E-state index in [0.29, 0.717) is 11.6 Å². The Kier molecular flexibility index (Phi) is 5.89. The number of aromatic nitrogens is 2. The number of rotatable bonds is 7. The van der Waals surface area contributed by atoms with E-state index in [0.717, 1.165) is 35.5 Å². The van der Waals surface area contributed by atoms with Crippen molar-refractivity contribution in [2.45, 2.75) is 51.6 Å². The fourth-order valence-electron chi connectivity index (χ4n) is 3.51. The summed E-state index contributed by atoms with van der Waals surface area (Å²) in [6, 6.07) is 18.9. The average Bonchev–Trinajstić information content (AvgIpc) is 3.52. The Morgan fingerprint density at radius 3 is 2.39 bits per heavy atom. The molecule has 1 aliphatic rings. The van der Waals surface area contributed by atoms with Gasteiger partial charge in [-0.2, -0.15) is 5.10 Å². The van der Waals surface area contributed by atoms with Gasteiger partial charge in [-0.05, 0) is 55.5 Å². The largest absolute Gasteiger partial charge is 0.448 e. The summed E-state index contributed by atoms with van der Waals surface area (Å²) in [5.41, 5.74) is 3.76. The molecule has 1 N–H and O–H groups in total. The van der Waals surface area contributed by atoms with Crippen molar-refractivity contribution in [2.75, 3.05) is 5.32 Å². The van der Waals surface area contributed by atoms with Crippen molar-refractivity contribution >= 4 is 17.6 Å². The third-order valence-electron chi connectivity index (χ3n) is 5.43. The smallest absolute Gasteiger partial charge is 0.357 e. The summed E-state index contributed by atoms with van der Waals surface area (Å²) in [5, 5.41) is 7.52. The molecule has 1 atom stereocenters. The predicted molar refractivity (Wildman–Crippen MR) is 120 cm³/mol. The van der Waals surface area contributed by atoms with Crippen molar-refractivity contribution in [1.29, 1.82) is 0 Å².